The van der Waals surface area contributed by atoms with Crippen LogP contribution in [-0.4, -0.2) is 10.9 Å². The lowest BCUT2D eigenvalue weighted by atomic mass is 10.1. The van der Waals surface area contributed by atoms with Gasteiger partial charge in [-0.2, -0.15) is 0 Å². The summed E-state index contributed by atoms with van der Waals surface area (Å²) in [6.45, 7) is 3.97. The summed E-state index contributed by atoms with van der Waals surface area (Å²) in [6, 6.07) is 15.2. The number of pyridine rings is 1. The van der Waals surface area contributed by atoms with Crippen molar-refractivity contribution in [1.82, 2.24) is 4.98 Å². The predicted molar refractivity (Wildman–Crippen MR) is 97.8 cm³/mol. The minimum Gasteiger partial charge on any atom is -0.354 e. The van der Waals surface area contributed by atoms with E-state index in [9.17, 15) is 9.18 Å². The van der Waals surface area contributed by atoms with Gasteiger partial charge in [0.25, 0.3) is 5.91 Å². The van der Waals surface area contributed by atoms with Crippen LogP contribution in [0.25, 0.3) is 0 Å². The van der Waals surface area contributed by atoms with Gasteiger partial charge in [0.05, 0.1) is 11.9 Å². The smallest absolute Gasteiger partial charge is 0.256 e. The van der Waals surface area contributed by atoms with Crippen LogP contribution < -0.4 is 10.6 Å². The summed E-state index contributed by atoms with van der Waals surface area (Å²) in [6.07, 6.45) is 1.58. The summed E-state index contributed by atoms with van der Waals surface area (Å²) in [4.78, 5) is 16.5. The van der Waals surface area contributed by atoms with Crippen molar-refractivity contribution in [2.75, 3.05) is 10.6 Å². The van der Waals surface area contributed by atoms with E-state index in [2.05, 4.69) is 15.6 Å². The highest BCUT2D eigenvalue weighted by Crippen LogP contribution is 2.18. The van der Waals surface area contributed by atoms with Crippen molar-refractivity contribution in [3.63, 3.8) is 0 Å². The van der Waals surface area contributed by atoms with Crippen LogP contribution in [0.3, 0.4) is 0 Å². The first-order valence-corrected chi connectivity index (χ1v) is 7.88. The second-order valence-electron chi connectivity index (χ2n) is 5.82. The standard InChI is InChI=1S/C20H18FN3O/c1-13-6-7-15(10-14(13)2)20(25)24-19-9-8-18(12-22-19)23-17-5-3-4-16(21)11-17/h3-12,23H,1-2H3,(H,22,24,25). The minimum absolute atomic E-state index is 0.207. The van der Waals surface area contributed by atoms with Crippen molar-refractivity contribution in [2.45, 2.75) is 13.8 Å². The van der Waals surface area contributed by atoms with Crippen LogP contribution in [0.1, 0.15) is 21.5 Å². The maximum Gasteiger partial charge on any atom is 0.256 e. The molecule has 0 aliphatic carbocycles. The molecule has 2 aromatic carbocycles. The monoisotopic (exact) mass is 335 g/mol. The number of rotatable bonds is 4. The number of aryl methyl sites for hydroxylation is 2. The highest BCUT2D eigenvalue weighted by atomic mass is 19.1. The Labute approximate surface area is 145 Å². The van der Waals surface area contributed by atoms with E-state index in [0.717, 1.165) is 11.1 Å². The van der Waals surface area contributed by atoms with Gasteiger partial charge in [0.1, 0.15) is 11.6 Å². The number of aromatic nitrogens is 1. The Balaban J connectivity index is 1.67. The molecule has 0 aliphatic heterocycles. The maximum atomic E-state index is 13.2. The number of nitrogens with one attached hydrogen (secondary N) is 2. The highest BCUT2D eigenvalue weighted by Gasteiger charge is 2.08. The van der Waals surface area contributed by atoms with Gasteiger partial charge in [0.2, 0.25) is 0 Å². The number of anilines is 3. The van der Waals surface area contributed by atoms with Gasteiger partial charge in [-0.05, 0) is 67.4 Å². The summed E-state index contributed by atoms with van der Waals surface area (Å²) in [5.41, 5.74) is 4.13. The van der Waals surface area contributed by atoms with E-state index in [0.29, 0.717) is 22.8 Å². The van der Waals surface area contributed by atoms with Gasteiger partial charge in [-0.25, -0.2) is 9.37 Å². The lowest BCUT2D eigenvalue weighted by molar-refractivity contribution is 0.102. The van der Waals surface area contributed by atoms with E-state index in [1.807, 2.05) is 26.0 Å². The zero-order chi connectivity index (χ0) is 17.8. The summed E-state index contributed by atoms with van der Waals surface area (Å²) >= 11 is 0. The van der Waals surface area contributed by atoms with E-state index in [-0.39, 0.29) is 11.7 Å². The SMILES string of the molecule is Cc1ccc(C(=O)Nc2ccc(Nc3cccc(F)c3)cn2)cc1C. The average molecular weight is 335 g/mol. The molecule has 3 rings (SSSR count). The summed E-state index contributed by atoms with van der Waals surface area (Å²) < 4.78 is 13.2. The Morgan fingerprint density at radius 2 is 1.80 bits per heavy atom. The second kappa shape index (κ2) is 7.13. The van der Waals surface area contributed by atoms with Crippen molar-refractivity contribution < 1.29 is 9.18 Å². The highest BCUT2D eigenvalue weighted by molar-refractivity contribution is 6.03. The number of amides is 1. The van der Waals surface area contributed by atoms with Crippen molar-refractivity contribution in [3.8, 4) is 0 Å². The lowest BCUT2D eigenvalue weighted by Crippen LogP contribution is -2.13. The van der Waals surface area contributed by atoms with Crippen LogP contribution in [0.2, 0.25) is 0 Å². The van der Waals surface area contributed by atoms with Crippen LogP contribution in [0.5, 0.6) is 0 Å². The number of carbonyl (C=O) groups is 1. The molecule has 0 fully saturated rings. The van der Waals surface area contributed by atoms with Gasteiger partial charge in [-0.15, -0.1) is 0 Å². The number of carbonyl (C=O) groups excluding carboxylic acids is 1. The van der Waals surface area contributed by atoms with Crippen LogP contribution in [0.15, 0.2) is 60.8 Å². The Morgan fingerprint density at radius 3 is 2.48 bits per heavy atom. The number of hydrogen-bond donors (Lipinski definition) is 2. The first-order chi connectivity index (χ1) is 12.0. The van der Waals surface area contributed by atoms with Gasteiger partial charge in [0.15, 0.2) is 0 Å². The maximum absolute atomic E-state index is 13.2. The quantitative estimate of drug-likeness (QED) is 0.718. The molecule has 1 heterocycles. The molecule has 25 heavy (non-hydrogen) atoms. The number of halogens is 1. The summed E-state index contributed by atoms with van der Waals surface area (Å²) in [7, 11) is 0. The van der Waals surface area contributed by atoms with Crippen LogP contribution >= 0.6 is 0 Å². The van der Waals surface area contributed by atoms with Gasteiger partial charge in [-0.1, -0.05) is 12.1 Å². The largest absolute Gasteiger partial charge is 0.354 e. The number of nitrogens with zero attached hydrogens (tertiary/aromatic N) is 1. The first kappa shape index (κ1) is 16.6. The van der Waals surface area contributed by atoms with Crippen LogP contribution in [0.4, 0.5) is 21.6 Å². The van der Waals surface area contributed by atoms with E-state index < -0.39 is 0 Å². The molecule has 1 aromatic heterocycles. The zero-order valence-electron chi connectivity index (χ0n) is 14.0. The normalized spacial score (nSPS) is 10.4. The fourth-order valence-electron chi connectivity index (χ4n) is 2.35. The third kappa shape index (κ3) is 4.20. The van der Waals surface area contributed by atoms with Gasteiger partial charge in [0, 0.05) is 11.3 Å². The molecule has 5 heteroatoms. The number of hydrogen-bond acceptors (Lipinski definition) is 3. The van der Waals surface area contributed by atoms with Crippen molar-refractivity contribution >= 4 is 23.1 Å². The molecule has 0 radical (unpaired) electrons. The third-order valence-electron chi connectivity index (χ3n) is 3.89. The summed E-state index contributed by atoms with van der Waals surface area (Å²) in [5, 5.41) is 5.82. The summed E-state index contributed by atoms with van der Waals surface area (Å²) in [5.74, 6) is -0.0651. The predicted octanol–water partition coefficient (Wildman–Crippen LogP) is 4.83. The van der Waals surface area contributed by atoms with E-state index in [1.165, 1.54) is 12.1 Å². The third-order valence-corrected chi connectivity index (χ3v) is 3.89. The van der Waals surface area contributed by atoms with Crippen molar-refractivity contribution in [1.29, 1.82) is 0 Å². The molecule has 0 saturated heterocycles. The molecule has 0 saturated carbocycles. The fourth-order valence-corrected chi connectivity index (χ4v) is 2.35. The molecule has 126 valence electrons. The van der Waals surface area contributed by atoms with Crippen LogP contribution in [-0.2, 0) is 0 Å². The molecule has 3 aromatic rings. The van der Waals surface area contributed by atoms with E-state index in [1.54, 1.807) is 36.5 Å². The Bertz CT molecular complexity index is 907. The molecule has 4 nitrogen and oxygen atoms in total. The van der Waals surface area contributed by atoms with Crippen molar-refractivity contribution in [3.05, 3.63) is 83.3 Å². The Morgan fingerprint density at radius 1 is 0.960 bits per heavy atom. The minimum atomic E-state index is -0.310. The van der Waals surface area contributed by atoms with Gasteiger partial charge in [-0.3, -0.25) is 4.79 Å². The fraction of sp³-hybridized carbons (Fsp3) is 0.100. The van der Waals surface area contributed by atoms with Crippen molar-refractivity contribution in [2.24, 2.45) is 0 Å². The molecule has 0 aliphatic rings. The molecule has 0 spiro atoms. The van der Waals surface area contributed by atoms with Gasteiger partial charge >= 0.3 is 0 Å². The van der Waals surface area contributed by atoms with E-state index >= 15 is 0 Å². The number of benzene rings is 2. The van der Waals surface area contributed by atoms with Gasteiger partial charge < -0.3 is 10.6 Å². The Hall–Kier alpha value is -3.21. The molecule has 0 bridgehead atoms. The molecular weight excluding hydrogens is 317 g/mol. The molecule has 0 atom stereocenters. The molecule has 0 unspecified atom stereocenters. The van der Waals surface area contributed by atoms with E-state index in [4.69, 9.17) is 0 Å². The average Bonchev–Trinajstić information content (AvgIpc) is 2.59. The first-order valence-electron chi connectivity index (χ1n) is 7.88. The van der Waals surface area contributed by atoms with Crippen LogP contribution in [0, 0.1) is 19.7 Å². The second-order valence-corrected chi connectivity index (χ2v) is 5.82. The topological polar surface area (TPSA) is 54.0 Å². The lowest BCUT2D eigenvalue weighted by Gasteiger charge is -2.09. The molecule has 1 amide bonds. The Kier molecular flexibility index (Phi) is 4.75. The molecular formula is C20H18FN3O. The molecule has 2 N–H and O–H groups in total. The zero-order valence-corrected chi connectivity index (χ0v) is 14.0.